The van der Waals surface area contributed by atoms with Crippen LogP contribution in [0.4, 0.5) is 10.1 Å². The van der Waals surface area contributed by atoms with Crippen molar-refractivity contribution in [2.75, 3.05) is 31.2 Å². The summed E-state index contributed by atoms with van der Waals surface area (Å²) in [5, 5.41) is 4.03. The van der Waals surface area contributed by atoms with Crippen molar-refractivity contribution in [2.45, 2.75) is 6.42 Å². The second-order valence-corrected chi connectivity index (χ2v) is 5.96. The molecule has 1 aliphatic rings. The smallest absolute Gasteiger partial charge is 0.231 e. The molecule has 0 spiro atoms. The molecule has 25 heavy (non-hydrogen) atoms. The standard InChI is InChI=1S/C19H18FN3O2/c20-16-3-1-2-14(12-16)13-18-21-19(22-25-18)15-4-6-17(7-5-15)23-8-10-24-11-9-23/h1-7,12H,8-11,13H2. The molecule has 2 aromatic carbocycles. The van der Waals surface area contributed by atoms with Gasteiger partial charge >= 0.3 is 0 Å². The largest absolute Gasteiger partial charge is 0.378 e. The van der Waals surface area contributed by atoms with E-state index in [2.05, 4.69) is 27.2 Å². The third-order valence-electron chi connectivity index (χ3n) is 4.21. The number of halogens is 1. The molecule has 0 bridgehead atoms. The van der Waals surface area contributed by atoms with Gasteiger partial charge in [-0.15, -0.1) is 0 Å². The van der Waals surface area contributed by atoms with Gasteiger partial charge < -0.3 is 14.2 Å². The van der Waals surface area contributed by atoms with Gasteiger partial charge in [0.05, 0.1) is 19.6 Å². The van der Waals surface area contributed by atoms with Gasteiger partial charge in [0.15, 0.2) is 0 Å². The Bertz CT molecular complexity index is 842. The van der Waals surface area contributed by atoms with Crippen molar-refractivity contribution in [1.82, 2.24) is 10.1 Å². The monoisotopic (exact) mass is 339 g/mol. The number of benzene rings is 2. The molecule has 6 heteroatoms. The Kier molecular flexibility index (Phi) is 4.43. The van der Waals surface area contributed by atoms with Gasteiger partial charge in [-0.3, -0.25) is 0 Å². The van der Waals surface area contributed by atoms with Crippen LogP contribution in [0.2, 0.25) is 0 Å². The first-order valence-corrected chi connectivity index (χ1v) is 8.28. The van der Waals surface area contributed by atoms with Gasteiger partial charge in [-0.05, 0) is 42.0 Å². The van der Waals surface area contributed by atoms with Crippen molar-refractivity contribution in [2.24, 2.45) is 0 Å². The minimum atomic E-state index is -0.268. The van der Waals surface area contributed by atoms with Crippen LogP contribution in [0.3, 0.4) is 0 Å². The predicted octanol–water partition coefficient (Wildman–Crippen LogP) is 3.30. The fraction of sp³-hybridized carbons (Fsp3) is 0.263. The third-order valence-corrected chi connectivity index (χ3v) is 4.21. The highest BCUT2D eigenvalue weighted by molar-refractivity contribution is 5.60. The number of rotatable bonds is 4. The third kappa shape index (κ3) is 3.69. The molecular formula is C19H18FN3O2. The average Bonchev–Trinajstić information content (AvgIpc) is 3.11. The number of aromatic nitrogens is 2. The molecule has 1 aromatic heterocycles. The van der Waals surface area contributed by atoms with E-state index in [0.29, 0.717) is 18.1 Å². The van der Waals surface area contributed by atoms with E-state index in [-0.39, 0.29) is 5.82 Å². The molecule has 0 atom stereocenters. The zero-order valence-corrected chi connectivity index (χ0v) is 13.7. The average molecular weight is 339 g/mol. The van der Waals surface area contributed by atoms with E-state index < -0.39 is 0 Å². The highest BCUT2D eigenvalue weighted by Crippen LogP contribution is 2.22. The number of nitrogens with zero attached hydrogens (tertiary/aromatic N) is 3. The van der Waals surface area contributed by atoms with E-state index in [1.807, 2.05) is 18.2 Å². The fourth-order valence-corrected chi connectivity index (χ4v) is 2.91. The summed E-state index contributed by atoms with van der Waals surface area (Å²) in [6, 6.07) is 14.5. The lowest BCUT2D eigenvalue weighted by Gasteiger charge is -2.28. The van der Waals surface area contributed by atoms with Crippen molar-refractivity contribution < 1.29 is 13.7 Å². The number of ether oxygens (including phenoxy) is 1. The number of hydrogen-bond donors (Lipinski definition) is 0. The summed E-state index contributed by atoms with van der Waals surface area (Å²) in [6.45, 7) is 3.32. The van der Waals surface area contributed by atoms with E-state index >= 15 is 0 Å². The Hall–Kier alpha value is -2.73. The molecule has 1 saturated heterocycles. The zero-order chi connectivity index (χ0) is 17.1. The number of anilines is 1. The van der Waals surface area contributed by atoms with Gasteiger partial charge in [-0.25, -0.2) is 4.39 Å². The maximum absolute atomic E-state index is 13.3. The summed E-state index contributed by atoms with van der Waals surface area (Å²) < 4.78 is 23.9. The Morgan fingerprint density at radius 2 is 1.84 bits per heavy atom. The van der Waals surface area contributed by atoms with E-state index in [1.54, 1.807) is 6.07 Å². The van der Waals surface area contributed by atoms with Crippen LogP contribution in [0.25, 0.3) is 11.4 Å². The van der Waals surface area contributed by atoms with Gasteiger partial charge in [0.2, 0.25) is 11.7 Å². The quantitative estimate of drug-likeness (QED) is 0.730. The van der Waals surface area contributed by atoms with Crippen LogP contribution < -0.4 is 4.90 Å². The highest BCUT2D eigenvalue weighted by Gasteiger charge is 2.13. The molecule has 128 valence electrons. The molecular weight excluding hydrogens is 321 g/mol. The Morgan fingerprint density at radius 3 is 2.60 bits per heavy atom. The van der Waals surface area contributed by atoms with Gasteiger partial charge in [0.1, 0.15) is 5.82 Å². The molecule has 2 heterocycles. The highest BCUT2D eigenvalue weighted by atomic mass is 19.1. The zero-order valence-electron chi connectivity index (χ0n) is 13.7. The molecule has 3 aromatic rings. The van der Waals surface area contributed by atoms with Gasteiger partial charge in [-0.1, -0.05) is 17.3 Å². The van der Waals surface area contributed by atoms with Crippen LogP contribution in [0.5, 0.6) is 0 Å². The second-order valence-electron chi connectivity index (χ2n) is 5.96. The Morgan fingerprint density at radius 1 is 1.04 bits per heavy atom. The van der Waals surface area contributed by atoms with Crippen molar-refractivity contribution in [1.29, 1.82) is 0 Å². The number of morpholine rings is 1. The summed E-state index contributed by atoms with van der Waals surface area (Å²) in [6.07, 6.45) is 0.413. The summed E-state index contributed by atoms with van der Waals surface area (Å²) >= 11 is 0. The summed E-state index contributed by atoms with van der Waals surface area (Å²) in [5.41, 5.74) is 2.86. The first-order valence-electron chi connectivity index (χ1n) is 8.28. The molecule has 0 saturated carbocycles. The van der Waals surface area contributed by atoms with Crippen LogP contribution in [-0.2, 0) is 11.2 Å². The lowest BCUT2D eigenvalue weighted by atomic mass is 10.1. The van der Waals surface area contributed by atoms with Crippen molar-refractivity contribution in [3.05, 3.63) is 65.8 Å². The maximum atomic E-state index is 13.3. The second kappa shape index (κ2) is 7.03. The molecule has 0 radical (unpaired) electrons. The first kappa shape index (κ1) is 15.8. The summed E-state index contributed by atoms with van der Waals surface area (Å²) in [7, 11) is 0. The van der Waals surface area contributed by atoms with Crippen LogP contribution in [0, 0.1) is 5.82 Å². The molecule has 0 unspecified atom stereocenters. The molecule has 0 aliphatic carbocycles. The fourth-order valence-electron chi connectivity index (χ4n) is 2.91. The summed E-state index contributed by atoms with van der Waals surface area (Å²) in [4.78, 5) is 6.70. The van der Waals surface area contributed by atoms with Crippen LogP contribution >= 0.6 is 0 Å². The van der Waals surface area contributed by atoms with Crippen LogP contribution in [0.15, 0.2) is 53.1 Å². The van der Waals surface area contributed by atoms with Crippen LogP contribution in [-0.4, -0.2) is 36.4 Å². The molecule has 4 rings (SSSR count). The first-order chi connectivity index (χ1) is 12.3. The normalized spacial score (nSPS) is 14.7. The lowest BCUT2D eigenvalue weighted by molar-refractivity contribution is 0.122. The lowest BCUT2D eigenvalue weighted by Crippen LogP contribution is -2.36. The van der Waals surface area contributed by atoms with Crippen molar-refractivity contribution in [3.63, 3.8) is 0 Å². The topological polar surface area (TPSA) is 51.4 Å². The van der Waals surface area contributed by atoms with Crippen LogP contribution in [0.1, 0.15) is 11.5 Å². The SMILES string of the molecule is Fc1cccc(Cc2nc(-c3ccc(N4CCOCC4)cc3)no2)c1. The Balaban J connectivity index is 1.48. The predicted molar refractivity (Wildman–Crippen MR) is 92.0 cm³/mol. The van der Waals surface area contributed by atoms with Gasteiger partial charge in [-0.2, -0.15) is 4.98 Å². The molecule has 1 aliphatic heterocycles. The minimum absolute atomic E-state index is 0.268. The molecule has 5 nitrogen and oxygen atoms in total. The van der Waals surface area contributed by atoms with E-state index in [0.717, 1.165) is 43.1 Å². The Labute approximate surface area is 145 Å². The van der Waals surface area contributed by atoms with Crippen molar-refractivity contribution in [3.8, 4) is 11.4 Å². The van der Waals surface area contributed by atoms with Gasteiger partial charge in [0.25, 0.3) is 0 Å². The molecule has 0 N–H and O–H groups in total. The van der Waals surface area contributed by atoms with E-state index in [4.69, 9.17) is 9.26 Å². The summed E-state index contributed by atoms with van der Waals surface area (Å²) in [5.74, 6) is 0.744. The number of hydrogen-bond acceptors (Lipinski definition) is 5. The van der Waals surface area contributed by atoms with Gasteiger partial charge in [0, 0.05) is 24.3 Å². The minimum Gasteiger partial charge on any atom is -0.378 e. The van der Waals surface area contributed by atoms with E-state index in [9.17, 15) is 4.39 Å². The molecule has 1 fully saturated rings. The molecule has 0 amide bonds. The maximum Gasteiger partial charge on any atom is 0.231 e. The van der Waals surface area contributed by atoms with E-state index in [1.165, 1.54) is 12.1 Å². The van der Waals surface area contributed by atoms with Crippen molar-refractivity contribution >= 4 is 5.69 Å².